The number of hydrogen-bond acceptors (Lipinski definition) is 3. The molecule has 0 N–H and O–H groups in total. The molecular weight excluding hydrogens is 262 g/mol. The number of imidazole rings is 1. The molecule has 0 bridgehead atoms. The summed E-state index contributed by atoms with van der Waals surface area (Å²) >= 11 is 3.21. The highest BCUT2D eigenvalue weighted by molar-refractivity contribution is 9.10. The first-order valence-electron chi connectivity index (χ1n) is 4.11. The monoisotopic (exact) mass is 267 g/mol. The zero-order valence-corrected chi connectivity index (χ0v) is 9.09. The second-order valence-electron chi connectivity index (χ2n) is 2.88. The Kier molecular flexibility index (Phi) is 2.51. The zero-order chi connectivity index (χ0) is 10.8. The fraction of sp³-hybridized carbons (Fsp3) is 0. The number of rotatable bonds is 2. The Morgan fingerprint density at radius 2 is 2.27 bits per heavy atom. The van der Waals surface area contributed by atoms with Gasteiger partial charge >= 0.3 is 0 Å². The van der Waals surface area contributed by atoms with Crippen LogP contribution in [0.4, 0.5) is 5.69 Å². The summed E-state index contributed by atoms with van der Waals surface area (Å²) in [7, 11) is 0. The van der Waals surface area contributed by atoms with Gasteiger partial charge in [0.05, 0.1) is 10.6 Å². The lowest BCUT2D eigenvalue weighted by Gasteiger charge is -2.00. The van der Waals surface area contributed by atoms with Gasteiger partial charge in [-0.05, 0) is 22.0 Å². The number of hydrogen-bond donors (Lipinski definition) is 0. The molecule has 0 aliphatic heterocycles. The topological polar surface area (TPSA) is 61.0 Å². The SMILES string of the molecule is O=[N+]([O-])c1cccc(-n2cnc(Br)c2)c1. The second-order valence-corrected chi connectivity index (χ2v) is 3.69. The Morgan fingerprint density at radius 1 is 1.47 bits per heavy atom. The molecule has 6 heteroatoms. The maximum Gasteiger partial charge on any atom is 0.271 e. The van der Waals surface area contributed by atoms with E-state index in [2.05, 4.69) is 20.9 Å². The third kappa shape index (κ3) is 2.04. The highest BCUT2D eigenvalue weighted by atomic mass is 79.9. The summed E-state index contributed by atoms with van der Waals surface area (Å²) < 4.78 is 2.39. The first-order chi connectivity index (χ1) is 7.16. The third-order valence-corrected chi connectivity index (χ3v) is 2.30. The molecule has 0 aliphatic rings. The number of nitrogens with zero attached hydrogens (tertiary/aromatic N) is 3. The predicted octanol–water partition coefficient (Wildman–Crippen LogP) is 2.54. The summed E-state index contributed by atoms with van der Waals surface area (Å²) in [5.74, 6) is 0. The van der Waals surface area contributed by atoms with Gasteiger partial charge in [0.2, 0.25) is 0 Å². The summed E-state index contributed by atoms with van der Waals surface area (Å²) in [5, 5.41) is 10.6. The molecule has 0 radical (unpaired) electrons. The summed E-state index contributed by atoms with van der Waals surface area (Å²) in [6.07, 6.45) is 3.32. The van der Waals surface area contributed by atoms with Crippen LogP contribution in [0, 0.1) is 10.1 Å². The molecule has 0 unspecified atom stereocenters. The van der Waals surface area contributed by atoms with Crippen molar-refractivity contribution in [3.05, 3.63) is 51.5 Å². The Labute approximate surface area is 93.6 Å². The van der Waals surface area contributed by atoms with Crippen LogP contribution in [0.2, 0.25) is 0 Å². The molecule has 0 atom stereocenters. The van der Waals surface area contributed by atoms with Crippen molar-refractivity contribution in [3.8, 4) is 5.69 Å². The summed E-state index contributed by atoms with van der Waals surface area (Å²) in [6.45, 7) is 0. The molecular formula is C9H6BrN3O2. The van der Waals surface area contributed by atoms with Crippen molar-refractivity contribution in [3.63, 3.8) is 0 Å². The van der Waals surface area contributed by atoms with E-state index in [0.717, 1.165) is 0 Å². The van der Waals surface area contributed by atoms with Gasteiger partial charge in [0, 0.05) is 18.3 Å². The van der Waals surface area contributed by atoms with E-state index in [1.54, 1.807) is 29.2 Å². The van der Waals surface area contributed by atoms with Crippen LogP contribution in [0.5, 0.6) is 0 Å². The van der Waals surface area contributed by atoms with E-state index < -0.39 is 4.92 Å². The van der Waals surface area contributed by atoms with Gasteiger partial charge in [-0.25, -0.2) is 4.98 Å². The first kappa shape index (κ1) is 9.85. The van der Waals surface area contributed by atoms with Crippen molar-refractivity contribution in [2.75, 3.05) is 0 Å². The highest BCUT2D eigenvalue weighted by Crippen LogP contribution is 2.17. The molecule has 1 aromatic heterocycles. The molecule has 2 aromatic rings. The van der Waals surface area contributed by atoms with E-state index in [-0.39, 0.29) is 5.69 Å². The van der Waals surface area contributed by atoms with Gasteiger partial charge in [-0.1, -0.05) is 6.07 Å². The average Bonchev–Trinajstić information content (AvgIpc) is 2.65. The number of nitro groups is 1. The van der Waals surface area contributed by atoms with Crippen LogP contribution < -0.4 is 0 Å². The maximum absolute atomic E-state index is 10.6. The quantitative estimate of drug-likeness (QED) is 0.621. The first-order valence-corrected chi connectivity index (χ1v) is 4.90. The lowest BCUT2D eigenvalue weighted by atomic mass is 10.3. The van der Waals surface area contributed by atoms with Gasteiger partial charge < -0.3 is 4.57 Å². The predicted molar refractivity (Wildman–Crippen MR) is 57.9 cm³/mol. The molecule has 15 heavy (non-hydrogen) atoms. The summed E-state index contributed by atoms with van der Waals surface area (Å²) in [4.78, 5) is 14.1. The van der Waals surface area contributed by atoms with Crippen LogP contribution in [-0.4, -0.2) is 14.5 Å². The van der Waals surface area contributed by atoms with Crippen LogP contribution in [0.15, 0.2) is 41.4 Å². The zero-order valence-electron chi connectivity index (χ0n) is 7.50. The lowest BCUT2D eigenvalue weighted by molar-refractivity contribution is -0.384. The Balaban J connectivity index is 2.45. The number of halogens is 1. The van der Waals surface area contributed by atoms with Crippen molar-refractivity contribution in [2.45, 2.75) is 0 Å². The van der Waals surface area contributed by atoms with Crippen LogP contribution in [0.1, 0.15) is 0 Å². The molecule has 1 aromatic carbocycles. The van der Waals surface area contributed by atoms with Gasteiger partial charge in [-0.3, -0.25) is 10.1 Å². The standard InChI is InChI=1S/C9H6BrN3O2/c10-9-5-12(6-11-9)7-2-1-3-8(4-7)13(14)15/h1-6H. The number of benzene rings is 1. The minimum absolute atomic E-state index is 0.0670. The molecule has 76 valence electrons. The minimum Gasteiger partial charge on any atom is -0.305 e. The number of non-ortho nitro benzene ring substituents is 1. The van der Waals surface area contributed by atoms with Crippen LogP contribution in [-0.2, 0) is 0 Å². The van der Waals surface area contributed by atoms with E-state index in [0.29, 0.717) is 10.3 Å². The van der Waals surface area contributed by atoms with E-state index >= 15 is 0 Å². The third-order valence-electron chi connectivity index (χ3n) is 1.89. The molecule has 0 amide bonds. The minimum atomic E-state index is -0.421. The molecule has 0 aliphatic carbocycles. The van der Waals surface area contributed by atoms with Gasteiger partial charge in [0.25, 0.3) is 5.69 Å². The van der Waals surface area contributed by atoms with Gasteiger partial charge in [0.1, 0.15) is 10.9 Å². The number of nitro benzene ring substituents is 1. The Hall–Kier alpha value is -1.69. The Bertz CT molecular complexity index is 510. The summed E-state index contributed by atoms with van der Waals surface area (Å²) in [6, 6.07) is 6.37. The smallest absolute Gasteiger partial charge is 0.271 e. The second kappa shape index (κ2) is 3.82. The molecule has 0 saturated carbocycles. The Morgan fingerprint density at radius 3 is 2.87 bits per heavy atom. The number of aromatic nitrogens is 2. The van der Waals surface area contributed by atoms with Crippen molar-refractivity contribution in [1.29, 1.82) is 0 Å². The molecule has 2 rings (SSSR count). The molecule has 0 fully saturated rings. The molecule has 5 nitrogen and oxygen atoms in total. The van der Waals surface area contributed by atoms with Crippen LogP contribution >= 0.6 is 15.9 Å². The molecule has 0 saturated heterocycles. The highest BCUT2D eigenvalue weighted by Gasteiger charge is 2.06. The maximum atomic E-state index is 10.6. The van der Waals surface area contributed by atoms with Crippen molar-refractivity contribution in [1.82, 2.24) is 9.55 Å². The van der Waals surface area contributed by atoms with E-state index in [1.165, 1.54) is 12.1 Å². The summed E-state index contributed by atoms with van der Waals surface area (Å²) in [5.41, 5.74) is 0.778. The largest absolute Gasteiger partial charge is 0.305 e. The van der Waals surface area contributed by atoms with E-state index in [9.17, 15) is 10.1 Å². The lowest BCUT2D eigenvalue weighted by Crippen LogP contribution is -1.92. The van der Waals surface area contributed by atoms with Crippen molar-refractivity contribution in [2.24, 2.45) is 0 Å². The average molecular weight is 268 g/mol. The van der Waals surface area contributed by atoms with Crippen molar-refractivity contribution >= 4 is 21.6 Å². The van der Waals surface area contributed by atoms with Crippen LogP contribution in [0.3, 0.4) is 0 Å². The van der Waals surface area contributed by atoms with Gasteiger partial charge in [-0.15, -0.1) is 0 Å². The molecule has 1 heterocycles. The van der Waals surface area contributed by atoms with Gasteiger partial charge in [0.15, 0.2) is 0 Å². The van der Waals surface area contributed by atoms with E-state index in [4.69, 9.17) is 0 Å². The van der Waals surface area contributed by atoms with Crippen molar-refractivity contribution < 1.29 is 4.92 Å². The van der Waals surface area contributed by atoms with Gasteiger partial charge in [-0.2, -0.15) is 0 Å². The van der Waals surface area contributed by atoms with E-state index in [1.807, 2.05) is 0 Å². The fourth-order valence-electron chi connectivity index (χ4n) is 1.21. The fourth-order valence-corrected chi connectivity index (χ4v) is 1.52. The molecule has 0 spiro atoms. The normalized spacial score (nSPS) is 10.2. The van der Waals surface area contributed by atoms with Crippen LogP contribution in [0.25, 0.3) is 5.69 Å².